The molecule has 2 heterocycles. The summed E-state index contributed by atoms with van der Waals surface area (Å²) in [6, 6.07) is 13.1. The number of rotatable bonds is 5. The highest BCUT2D eigenvalue weighted by Gasteiger charge is 2.28. The van der Waals surface area contributed by atoms with Crippen molar-refractivity contribution in [3.8, 4) is 11.5 Å². The number of ether oxygens (including phenoxy) is 2. The third kappa shape index (κ3) is 4.28. The Balaban J connectivity index is 1.44. The molecule has 1 N–H and O–H groups in total. The number of carbonyl (C=O) groups is 1. The van der Waals surface area contributed by atoms with Crippen LogP contribution in [0.5, 0.6) is 11.5 Å². The summed E-state index contributed by atoms with van der Waals surface area (Å²) >= 11 is 0. The zero-order chi connectivity index (χ0) is 21.3. The molecule has 0 aliphatic carbocycles. The molecule has 0 radical (unpaired) electrons. The zero-order valence-electron chi connectivity index (χ0n) is 17.7. The van der Waals surface area contributed by atoms with Gasteiger partial charge in [-0.2, -0.15) is 0 Å². The van der Waals surface area contributed by atoms with Crippen LogP contribution in [0.3, 0.4) is 0 Å². The zero-order valence-corrected chi connectivity index (χ0v) is 17.7. The number of anilines is 1. The predicted molar refractivity (Wildman–Crippen MR) is 118 cm³/mol. The summed E-state index contributed by atoms with van der Waals surface area (Å²) in [5.41, 5.74) is 3.41. The summed E-state index contributed by atoms with van der Waals surface area (Å²) in [7, 11) is 1.68. The normalized spacial score (nSPS) is 18.2. The van der Waals surface area contributed by atoms with Crippen LogP contribution in [0.4, 0.5) is 5.69 Å². The first-order valence-electron chi connectivity index (χ1n) is 10.2. The second kappa shape index (κ2) is 8.03. The second-order valence-corrected chi connectivity index (χ2v) is 8.35. The molecule has 0 bridgehead atoms. The highest BCUT2D eigenvalue weighted by atomic mass is 16.5. The van der Waals surface area contributed by atoms with Crippen molar-refractivity contribution in [2.24, 2.45) is 0 Å². The van der Waals surface area contributed by atoms with Crippen molar-refractivity contribution < 1.29 is 19.4 Å². The fourth-order valence-electron chi connectivity index (χ4n) is 4.14. The predicted octanol–water partition coefficient (Wildman–Crippen LogP) is 3.77. The molecule has 2 aromatic carbocycles. The Labute approximate surface area is 177 Å². The maximum Gasteiger partial charge on any atom is 0.335 e. The Kier molecular flexibility index (Phi) is 5.43. The number of carboxylic acids is 1. The van der Waals surface area contributed by atoms with Crippen molar-refractivity contribution in [1.29, 1.82) is 0 Å². The minimum absolute atomic E-state index is 0.320. The van der Waals surface area contributed by atoms with Crippen LogP contribution in [0.15, 0.2) is 48.5 Å². The summed E-state index contributed by atoms with van der Waals surface area (Å²) in [6.45, 7) is 8.73. The van der Waals surface area contributed by atoms with E-state index < -0.39 is 5.97 Å². The maximum atomic E-state index is 11.1. The van der Waals surface area contributed by atoms with E-state index in [4.69, 9.17) is 14.6 Å². The molecule has 0 aromatic heterocycles. The van der Waals surface area contributed by atoms with Crippen molar-refractivity contribution in [2.45, 2.75) is 19.4 Å². The van der Waals surface area contributed by atoms with E-state index in [2.05, 4.69) is 35.8 Å². The Bertz CT molecular complexity index is 958. The first-order chi connectivity index (χ1) is 14.3. The first kappa shape index (κ1) is 20.3. The summed E-state index contributed by atoms with van der Waals surface area (Å²) in [6.07, 6.45) is 2.21. The largest absolute Gasteiger partial charge is 0.497 e. The molecule has 2 aliphatic rings. The van der Waals surface area contributed by atoms with Gasteiger partial charge in [0.25, 0.3) is 0 Å². The van der Waals surface area contributed by atoms with Gasteiger partial charge in [-0.25, -0.2) is 4.79 Å². The van der Waals surface area contributed by atoms with Crippen molar-refractivity contribution in [2.75, 3.05) is 44.7 Å². The minimum atomic E-state index is -0.893. The minimum Gasteiger partial charge on any atom is -0.497 e. The van der Waals surface area contributed by atoms with E-state index in [9.17, 15) is 4.79 Å². The van der Waals surface area contributed by atoms with Gasteiger partial charge in [0, 0.05) is 44.0 Å². The van der Waals surface area contributed by atoms with Crippen molar-refractivity contribution in [3.63, 3.8) is 0 Å². The molecule has 2 aromatic rings. The van der Waals surface area contributed by atoms with Crippen LogP contribution in [-0.2, 0) is 0 Å². The Morgan fingerprint density at radius 3 is 2.43 bits per heavy atom. The van der Waals surface area contributed by atoms with Gasteiger partial charge in [-0.3, -0.25) is 4.90 Å². The molecule has 1 fully saturated rings. The first-order valence-corrected chi connectivity index (χ1v) is 10.2. The topological polar surface area (TPSA) is 62.2 Å². The van der Waals surface area contributed by atoms with Crippen LogP contribution in [0.25, 0.3) is 5.57 Å². The SMILES string of the molecule is COc1ccc2c(c1)C(CN1CCN(c3ccc(C(=O)O)cc3)CC1)=CC(C)(C)O2. The average Bonchev–Trinajstić information content (AvgIpc) is 2.73. The van der Waals surface area contributed by atoms with Gasteiger partial charge in [0.05, 0.1) is 12.7 Å². The number of benzene rings is 2. The quantitative estimate of drug-likeness (QED) is 0.813. The van der Waals surface area contributed by atoms with Gasteiger partial charge in [-0.1, -0.05) is 0 Å². The molecule has 1 saturated heterocycles. The average molecular weight is 408 g/mol. The van der Waals surface area contributed by atoms with Gasteiger partial charge in [0.15, 0.2) is 0 Å². The lowest BCUT2D eigenvalue weighted by Crippen LogP contribution is -2.47. The van der Waals surface area contributed by atoms with E-state index in [1.165, 1.54) is 5.57 Å². The van der Waals surface area contributed by atoms with Crippen LogP contribution < -0.4 is 14.4 Å². The van der Waals surface area contributed by atoms with E-state index >= 15 is 0 Å². The molecule has 0 amide bonds. The third-order valence-corrected chi connectivity index (χ3v) is 5.67. The van der Waals surface area contributed by atoms with Crippen molar-refractivity contribution in [3.05, 3.63) is 59.7 Å². The number of piperazine rings is 1. The fraction of sp³-hybridized carbons (Fsp3) is 0.375. The lowest BCUT2D eigenvalue weighted by molar-refractivity contribution is 0.0697. The number of aromatic carboxylic acids is 1. The number of methoxy groups -OCH3 is 1. The Hall–Kier alpha value is -2.99. The fourth-order valence-corrected chi connectivity index (χ4v) is 4.14. The summed E-state index contributed by atoms with van der Waals surface area (Å²) in [5.74, 6) is 0.837. The number of fused-ring (bicyclic) bond motifs is 1. The van der Waals surface area contributed by atoms with Gasteiger partial charge >= 0.3 is 5.97 Å². The number of hydrogen-bond donors (Lipinski definition) is 1. The molecule has 2 aliphatic heterocycles. The van der Waals surface area contributed by atoms with Crippen LogP contribution in [0.1, 0.15) is 29.8 Å². The lowest BCUT2D eigenvalue weighted by atomic mass is 9.94. The van der Waals surface area contributed by atoms with Crippen LogP contribution in [0, 0.1) is 0 Å². The summed E-state index contributed by atoms with van der Waals surface area (Å²) in [4.78, 5) is 15.8. The second-order valence-electron chi connectivity index (χ2n) is 8.35. The highest BCUT2D eigenvalue weighted by molar-refractivity contribution is 5.88. The Morgan fingerprint density at radius 2 is 1.80 bits per heavy atom. The number of nitrogens with zero attached hydrogens (tertiary/aromatic N) is 2. The molecule has 6 heteroatoms. The molecular weight excluding hydrogens is 380 g/mol. The van der Waals surface area contributed by atoms with Gasteiger partial charge in [-0.15, -0.1) is 0 Å². The number of carboxylic acid groups (broad SMARTS) is 1. The molecular formula is C24H28N2O4. The Morgan fingerprint density at radius 1 is 1.10 bits per heavy atom. The van der Waals surface area contributed by atoms with E-state index in [-0.39, 0.29) is 5.60 Å². The maximum absolute atomic E-state index is 11.1. The molecule has 0 spiro atoms. The highest BCUT2D eigenvalue weighted by Crippen LogP contribution is 2.38. The standard InChI is InChI=1S/C24H28N2O4/c1-24(2)15-18(21-14-20(29-3)8-9-22(21)30-24)16-25-10-12-26(13-11-25)19-6-4-17(5-7-19)23(27)28/h4-9,14-15H,10-13,16H2,1-3H3,(H,27,28). The molecule has 6 nitrogen and oxygen atoms in total. The van der Waals surface area contributed by atoms with Crippen LogP contribution >= 0.6 is 0 Å². The van der Waals surface area contributed by atoms with Gasteiger partial charge < -0.3 is 19.5 Å². The van der Waals surface area contributed by atoms with Crippen molar-refractivity contribution >= 4 is 17.2 Å². The number of hydrogen-bond acceptors (Lipinski definition) is 5. The third-order valence-electron chi connectivity index (χ3n) is 5.67. The van der Waals surface area contributed by atoms with E-state index in [0.29, 0.717) is 5.56 Å². The molecule has 0 unspecified atom stereocenters. The monoisotopic (exact) mass is 408 g/mol. The van der Waals surface area contributed by atoms with E-state index in [1.807, 2.05) is 24.3 Å². The van der Waals surface area contributed by atoms with Gasteiger partial charge in [0.1, 0.15) is 17.1 Å². The van der Waals surface area contributed by atoms with Gasteiger partial charge in [0.2, 0.25) is 0 Å². The van der Waals surface area contributed by atoms with Gasteiger partial charge in [-0.05, 0) is 68.0 Å². The molecule has 0 atom stereocenters. The summed E-state index contributed by atoms with van der Waals surface area (Å²) < 4.78 is 11.6. The van der Waals surface area contributed by atoms with E-state index in [1.54, 1.807) is 19.2 Å². The van der Waals surface area contributed by atoms with Crippen LogP contribution in [-0.4, -0.2) is 61.4 Å². The summed E-state index contributed by atoms with van der Waals surface area (Å²) in [5, 5.41) is 9.07. The lowest BCUT2D eigenvalue weighted by Gasteiger charge is -2.38. The smallest absolute Gasteiger partial charge is 0.335 e. The molecule has 30 heavy (non-hydrogen) atoms. The molecule has 4 rings (SSSR count). The van der Waals surface area contributed by atoms with Crippen molar-refractivity contribution in [1.82, 2.24) is 4.90 Å². The van der Waals surface area contributed by atoms with Crippen LogP contribution in [0.2, 0.25) is 0 Å². The van der Waals surface area contributed by atoms with E-state index in [0.717, 1.165) is 55.5 Å². The molecule has 158 valence electrons. The molecule has 0 saturated carbocycles.